The first-order chi connectivity index (χ1) is 25.3. The van der Waals surface area contributed by atoms with Crippen molar-refractivity contribution < 1.29 is 29.2 Å². The Morgan fingerprint density at radius 3 is 1.77 bits per heavy atom. The minimum absolute atomic E-state index is 0.137. The second-order valence-corrected chi connectivity index (χ2v) is 14.7. The predicted molar refractivity (Wildman–Crippen MR) is 202 cm³/mol. The summed E-state index contributed by atoms with van der Waals surface area (Å²) in [6.07, 6.45) is 13.8. The average molecular weight is 713 g/mol. The first kappa shape index (κ1) is 37.8. The van der Waals surface area contributed by atoms with E-state index in [1.165, 1.54) is 16.7 Å². The highest BCUT2D eigenvalue weighted by Gasteiger charge is 2.34. The van der Waals surface area contributed by atoms with Crippen LogP contribution in [0.3, 0.4) is 0 Å². The molecular formula is C42H56N4O6. The van der Waals surface area contributed by atoms with Crippen LogP contribution in [0.2, 0.25) is 0 Å². The van der Waals surface area contributed by atoms with Crippen LogP contribution in [0.1, 0.15) is 98.4 Å². The Bertz CT molecular complexity index is 1730. The molecular weight excluding hydrogens is 656 g/mol. The summed E-state index contributed by atoms with van der Waals surface area (Å²) in [5.74, 6) is 2.31. The summed E-state index contributed by atoms with van der Waals surface area (Å²) in [7, 11) is 3.25. The van der Waals surface area contributed by atoms with Crippen LogP contribution in [0.15, 0.2) is 65.8 Å². The topological polar surface area (TPSA) is 127 Å². The molecule has 2 aromatic heterocycles. The van der Waals surface area contributed by atoms with E-state index in [1.54, 1.807) is 14.2 Å². The van der Waals surface area contributed by atoms with Crippen molar-refractivity contribution >= 4 is 0 Å². The third kappa shape index (κ3) is 8.63. The van der Waals surface area contributed by atoms with Crippen molar-refractivity contribution in [3.63, 3.8) is 0 Å². The maximum Gasteiger partial charge on any atom is 0.220 e. The van der Waals surface area contributed by atoms with Gasteiger partial charge in [-0.1, -0.05) is 61.6 Å². The van der Waals surface area contributed by atoms with Crippen molar-refractivity contribution in [3.05, 3.63) is 93.6 Å². The lowest BCUT2D eigenvalue weighted by molar-refractivity contribution is 0.162. The SMILES string of the molecule is COc1nc(OCC2=C(C)C(c3cccc(COc4ccc(CNC5(CO)CCCC5)c(OC)n4)c3C)CC=C2)ccc1CNC1(CO)CCCC1. The van der Waals surface area contributed by atoms with Gasteiger partial charge in [-0.25, -0.2) is 0 Å². The monoisotopic (exact) mass is 712 g/mol. The number of allylic oxidation sites excluding steroid dienone is 2. The number of methoxy groups -OCH3 is 2. The smallest absolute Gasteiger partial charge is 0.220 e. The van der Waals surface area contributed by atoms with Gasteiger partial charge in [0.25, 0.3) is 0 Å². The Morgan fingerprint density at radius 2 is 1.25 bits per heavy atom. The fourth-order valence-electron chi connectivity index (χ4n) is 8.08. The number of benzene rings is 1. The third-order valence-electron chi connectivity index (χ3n) is 11.6. The lowest BCUT2D eigenvalue weighted by Crippen LogP contribution is -2.45. The molecule has 0 saturated heterocycles. The highest BCUT2D eigenvalue weighted by Crippen LogP contribution is 2.37. The van der Waals surface area contributed by atoms with Crippen LogP contribution in [0, 0.1) is 6.92 Å². The number of aliphatic hydroxyl groups is 2. The standard InChI is InChI=1S/C42H56N4O6/c1-29-33(25-51-37-17-15-31(39(45-37)49-3)23-43-41(27-47)19-5-6-20-41)11-9-13-35(29)36-14-10-12-34(30(36)2)26-52-38-18-16-32(40(46-38)50-4)24-44-42(28-48)21-7-8-22-42/h9-13,15-18,36,43-44,47-48H,5-8,14,19-28H2,1-4H3. The minimum Gasteiger partial charge on any atom is -0.481 e. The van der Waals surface area contributed by atoms with E-state index in [1.807, 2.05) is 24.3 Å². The normalized spacial score (nSPS) is 19.2. The number of hydrogen-bond donors (Lipinski definition) is 4. The molecule has 2 fully saturated rings. The molecule has 2 heterocycles. The summed E-state index contributed by atoms with van der Waals surface area (Å²) in [5.41, 5.74) is 7.46. The molecule has 10 nitrogen and oxygen atoms in total. The zero-order valence-corrected chi connectivity index (χ0v) is 31.3. The van der Waals surface area contributed by atoms with Crippen LogP contribution < -0.4 is 29.6 Å². The van der Waals surface area contributed by atoms with Crippen LogP contribution in [0.5, 0.6) is 23.5 Å². The summed E-state index contributed by atoms with van der Waals surface area (Å²) < 4.78 is 23.7. The zero-order chi connectivity index (χ0) is 36.6. The van der Waals surface area contributed by atoms with E-state index in [9.17, 15) is 10.2 Å². The van der Waals surface area contributed by atoms with Gasteiger partial charge in [-0.05, 0) is 80.3 Å². The van der Waals surface area contributed by atoms with Gasteiger partial charge in [0.15, 0.2) is 0 Å². The summed E-state index contributed by atoms with van der Waals surface area (Å²) in [4.78, 5) is 9.31. The second kappa shape index (κ2) is 17.2. The number of aromatic nitrogens is 2. The maximum atomic E-state index is 9.98. The van der Waals surface area contributed by atoms with Gasteiger partial charge in [0.1, 0.15) is 13.2 Å². The number of nitrogens with one attached hydrogen (secondary N) is 2. The van der Waals surface area contributed by atoms with Gasteiger partial charge in [0.05, 0.1) is 27.4 Å². The fraction of sp³-hybridized carbons (Fsp3) is 0.524. The maximum absolute atomic E-state index is 9.98. The van der Waals surface area contributed by atoms with E-state index >= 15 is 0 Å². The largest absolute Gasteiger partial charge is 0.481 e. The van der Waals surface area contributed by atoms with E-state index in [4.69, 9.17) is 18.9 Å². The Labute approximate surface area is 308 Å². The van der Waals surface area contributed by atoms with Gasteiger partial charge in [0, 0.05) is 53.3 Å². The number of nitrogens with zero attached hydrogens (tertiary/aromatic N) is 2. The molecule has 52 heavy (non-hydrogen) atoms. The quantitative estimate of drug-likeness (QED) is 0.122. The van der Waals surface area contributed by atoms with Crippen LogP contribution >= 0.6 is 0 Å². The molecule has 0 bridgehead atoms. The Balaban J connectivity index is 1.08. The molecule has 10 heteroatoms. The van der Waals surface area contributed by atoms with Crippen molar-refractivity contribution in [2.45, 2.75) is 108 Å². The summed E-state index contributed by atoms with van der Waals surface area (Å²) >= 11 is 0. The van der Waals surface area contributed by atoms with Crippen LogP contribution in [0.4, 0.5) is 0 Å². The van der Waals surface area contributed by atoms with Crippen molar-refractivity contribution in [2.24, 2.45) is 0 Å². The van der Waals surface area contributed by atoms with Crippen LogP contribution in [0.25, 0.3) is 0 Å². The molecule has 4 N–H and O–H groups in total. The van der Waals surface area contributed by atoms with E-state index in [2.05, 4.69) is 64.8 Å². The lowest BCUT2D eigenvalue weighted by atomic mass is 9.80. The number of rotatable bonds is 17. The van der Waals surface area contributed by atoms with Gasteiger partial charge in [-0.2, -0.15) is 9.97 Å². The average Bonchev–Trinajstić information content (AvgIpc) is 3.87. The van der Waals surface area contributed by atoms with Gasteiger partial charge in [-0.15, -0.1) is 0 Å². The van der Waals surface area contributed by atoms with Gasteiger partial charge in [-0.3, -0.25) is 0 Å². The molecule has 3 aromatic rings. The Kier molecular flexibility index (Phi) is 12.5. The van der Waals surface area contributed by atoms with Gasteiger partial charge < -0.3 is 39.8 Å². The Hall–Kier alpha value is -3.96. The molecule has 2 saturated carbocycles. The lowest BCUT2D eigenvalue weighted by Gasteiger charge is -2.28. The highest BCUT2D eigenvalue weighted by atomic mass is 16.5. The molecule has 1 unspecified atom stereocenters. The number of aliphatic hydroxyl groups excluding tert-OH is 2. The molecule has 0 spiro atoms. The molecule has 1 atom stereocenters. The van der Waals surface area contributed by atoms with Crippen molar-refractivity contribution in [1.82, 2.24) is 20.6 Å². The predicted octanol–water partition coefficient (Wildman–Crippen LogP) is 6.61. The zero-order valence-electron chi connectivity index (χ0n) is 31.3. The first-order valence-corrected chi connectivity index (χ1v) is 18.8. The number of hydrogen-bond acceptors (Lipinski definition) is 10. The molecule has 280 valence electrons. The third-order valence-corrected chi connectivity index (χ3v) is 11.6. The second-order valence-electron chi connectivity index (χ2n) is 14.7. The first-order valence-electron chi connectivity index (χ1n) is 18.8. The van der Waals surface area contributed by atoms with E-state index in [0.29, 0.717) is 49.8 Å². The van der Waals surface area contributed by atoms with Gasteiger partial charge in [0.2, 0.25) is 23.5 Å². The summed E-state index contributed by atoms with van der Waals surface area (Å²) in [6.45, 7) is 6.59. The van der Waals surface area contributed by atoms with Crippen molar-refractivity contribution in [2.75, 3.05) is 34.0 Å². The molecule has 0 radical (unpaired) electrons. The van der Waals surface area contributed by atoms with E-state index in [-0.39, 0.29) is 30.2 Å². The molecule has 1 aromatic carbocycles. The molecule has 3 aliphatic carbocycles. The summed E-state index contributed by atoms with van der Waals surface area (Å²) in [5, 5.41) is 27.1. The van der Waals surface area contributed by atoms with Crippen molar-refractivity contribution in [3.8, 4) is 23.5 Å². The Morgan fingerprint density at radius 1 is 0.712 bits per heavy atom. The summed E-state index contributed by atoms with van der Waals surface area (Å²) in [6, 6.07) is 14.2. The number of ether oxygens (including phenoxy) is 4. The highest BCUT2D eigenvalue weighted by molar-refractivity contribution is 5.45. The molecule has 3 aliphatic rings. The van der Waals surface area contributed by atoms with Gasteiger partial charge >= 0.3 is 0 Å². The van der Waals surface area contributed by atoms with Crippen molar-refractivity contribution in [1.29, 1.82) is 0 Å². The van der Waals surface area contributed by atoms with E-state index in [0.717, 1.165) is 80.1 Å². The minimum atomic E-state index is -0.214. The molecule has 0 aliphatic heterocycles. The fourth-order valence-corrected chi connectivity index (χ4v) is 8.08. The van der Waals surface area contributed by atoms with Crippen LogP contribution in [-0.2, 0) is 19.7 Å². The van der Waals surface area contributed by atoms with Crippen LogP contribution in [-0.4, -0.2) is 65.3 Å². The molecule has 0 amide bonds. The number of pyridine rings is 2. The molecule has 6 rings (SSSR count). The van der Waals surface area contributed by atoms with E-state index < -0.39 is 0 Å².